The van der Waals surface area contributed by atoms with Crippen molar-refractivity contribution in [3.63, 3.8) is 0 Å². The Bertz CT molecular complexity index is 1010. The Morgan fingerprint density at radius 3 is 2.75 bits per heavy atom. The summed E-state index contributed by atoms with van der Waals surface area (Å²) in [6.45, 7) is 9.95. The minimum absolute atomic E-state index is 0.196. The van der Waals surface area contributed by atoms with Crippen LogP contribution in [-0.4, -0.2) is 45.6 Å². The molecular weight excluding hydrogens is 354 g/mol. The number of ether oxygens (including phenoxy) is 1. The number of fused-ring (bicyclic) bond motifs is 2. The zero-order valence-corrected chi connectivity index (χ0v) is 16.6. The first-order valence-corrected chi connectivity index (χ1v) is 9.81. The van der Waals surface area contributed by atoms with Gasteiger partial charge in [0.15, 0.2) is 5.75 Å². The summed E-state index contributed by atoms with van der Waals surface area (Å²) in [6, 6.07) is 9.16. The van der Waals surface area contributed by atoms with Crippen molar-refractivity contribution in [2.45, 2.75) is 33.5 Å². The fourth-order valence-electron chi connectivity index (χ4n) is 3.74. The van der Waals surface area contributed by atoms with Crippen molar-refractivity contribution in [3.05, 3.63) is 30.3 Å². The van der Waals surface area contributed by atoms with Crippen molar-refractivity contribution in [1.29, 1.82) is 0 Å². The van der Waals surface area contributed by atoms with E-state index in [-0.39, 0.29) is 11.9 Å². The number of benzene rings is 2. The molecule has 1 unspecified atom stereocenters. The first kappa shape index (κ1) is 18.6. The maximum Gasteiger partial charge on any atom is 0.162 e. The van der Waals surface area contributed by atoms with Gasteiger partial charge in [0.2, 0.25) is 0 Å². The molecule has 0 aliphatic carbocycles. The standard InChI is InChI=1S/C21H27N5O2/c1-4-25(5-2)10-11-26-17-8-7-16(23-13(3)22)21-19(17)20(24-26)15-12-14(27)6-9-18(15)28-21/h6-9,12-13,23,27H,4-5,10-11,22H2,1-3H3. The Kier molecular flexibility index (Phi) is 4.87. The summed E-state index contributed by atoms with van der Waals surface area (Å²) in [6.07, 6.45) is -0.209. The van der Waals surface area contributed by atoms with E-state index < -0.39 is 0 Å². The SMILES string of the molecule is CCN(CC)CCn1nc2c3c(c(NC(C)N)ccc31)Oc1ccc(O)cc1-2. The number of aromatic nitrogens is 2. The van der Waals surface area contributed by atoms with Crippen molar-refractivity contribution in [2.75, 3.05) is 25.0 Å². The van der Waals surface area contributed by atoms with Crippen LogP contribution in [0, 0.1) is 0 Å². The van der Waals surface area contributed by atoms with Gasteiger partial charge >= 0.3 is 0 Å². The highest BCUT2D eigenvalue weighted by atomic mass is 16.5. The van der Waals surface area contributed by atoms with Gasteiger partial charge < -0.3 is 25.8 Å². The third-order valence-electron chi connectivity index (χ3n) is 5.21. The van der Waals surface area contributed by atoms with E-state index in [9.17, 15) is 5.11 Å². The number of likely N-dealkylation sites (N-methyl/N-ethyl adjacent to an activating group) is 1. The summed E-state index contributed by atoms with van der Waals surface area (Å²) in [5.41, 5.74) is 9.44. The maximum atomic E-state index is 9.99. The van der Waals surface area contributed by atoms with Gasteiger partial charge in [-0.3, -0.25) is 4.68 Å². The van der Waals surface area contributed by atoms with Crippen LogP contribution in [-0.2, 0) is 6.54 Å². The van der Waals surface area contributed by atoms with Crippen molar-refractivity contribution in [2.24, 2.45) is 5.73 Å². The van der Waals surface area contributed by atoms with E-state index in [1.807, 2.05) is 17.7 Å². The van der Waals surface area contributed by atoms with Gasteiger partial charge in [0.1, 0.15) is 17.2 Å². The molecule has 4 rings (SSSR count). The number of phenolic OH excluding ortho intramolecular Hbond substituents is 1. The predicted molar refractivity (Wildman–Crippen MR) is 112 cm³/mol. The van der Waals surface area contributed by atoms with Crippen LogP contribution in [0.15, 0.2) is 30.3 Å². The highest BCUT2D eigenvalue weighted by Crippen LogP contribution is 2.50. The second kappa shape index (κ2) is 7.33. The Hall–Kier alpha value is -2.77. The minimum Gasteiger partial charge on any atom is -0.508 e. The molecule has 1 aliphatic heterocycles. The fraction of sp³-hybridized carbons (Fsp3) is 0.381. The molecule has 1 aromatic heterocycles. The summed E-state index contributed by atoms with van der Waals surface area (Å²) in [4.78, 5) is 2.37. The van der Waals surface area contributed by atoms with E-state index >= 15 is 0 Å². The second-order valence-corrected chi connectivity index (χ2v) is 7.15. The smallest absolute Gasteiger partial charge is 0.162 e. The van der Waals surface area contributed by atoms with Gasteiger partial charge in [-0.25, -0.2) is 0 Å². The van der Waals surface area contributed by atoms with Crippen molar-refractivity contribution in [1.82, 2.24) is 14.7 Å². The Morgan fingerprint density at radius 1 is 1.25 bits per heavy atom. The van der Waals surface area contributed by atoms with Crippen LogP contribution in [0.5, 0.6) is 17.2 Å². The van der Waals surface area contributed by atoms with Crippen molar-refractivity contribution < 1.29 is 9.84 Å². The number of aromatic hydroxyl groups is 1. The quantitative estimate of drug-likeness (QED) is 0.424. The van der Waals surface area contributed by atoms with Crippen LogP contribution in [0.2, 0.25) is 0 Å². The molecule has 2 aromatic carbocycles. The lowest BCUT2D eigenvalue weighted by atomic mass is 10.0. The lowest BCUT2D eigenvalue weighted by molar-refractivity contribution is 0.287. The van der Waals surface area contributed by atoms with Crippen LogP contribution in [0.25, 0.3) is 22.2 Å². The molecule has 7 heteroatoms. The number of nitrogens with two attached hydrogens (primary N) is 1. The van der Waals surface area contributed by atoms with E-state index in [2.05, 4.69) is 30.1 Å². The maximum absolute atomic E-state index is 9.99. The molecule has 28 heavy (non-hydrogen) atoms. The van der Waals surface area contributed by atoms with E-state index in [0.717, 1.165) is 59.8 Å². The van der Waals surface area contributed by atoms with Gasteiger partial charge in [0.05, 0.1) is 29.3 Å². The van der Waals surface area contributed by atoms with E-state index in [0.29, 0.717) is 5.75 Å². The lowest BCUT2D eigenvalue weighted by Crippen LogP contribution is -2.27. The topological polar surface area (TPSA) is 88.6 Å². The van der Waals surface area contributed by atoms with Crippen LogP contribution < -0.4 is 15.8 Å². The van der Waals surface area contributed by atoms with Crippen LogP contribution in [0.1, 0.15) is 20.8 Å². The fourth-order valence-corrected chi connectivity index (χ4v) is 3.74. The summed E-state index contributed by atoms with van der Waals surface area (Å²) in [7, 11) is 0. The number of phenols is 1. The molecule has 0 saturated heterocycles. The molecule has 2 heterocycles. The molecule has 0 amide bonds. The van der Waals surface area contributed by atoms with Gasteiger partial charge in [-0.1, -0.05) is 13.8 Å². The summed E-state index contributed by atoms with van der Waals surface area (Å²) < 4.78 is 8.26. The molecule has 4 N–H and O–H groups in total. The second-order valence-electron chi connectivity index (χ2n) is 7.15. The first-order valence-electron chi connectivity index (χ1n) is 9.81. The first-order chi connectivity index (χ1) is 13.5. The van der Waals surface area contributed by atoms with Crippen LogP contribution >= 0.6 is 0 Å². The number of nitrogens with zero attached hydrogens (tertiary/aromatic N) is 3. The zero-order valence-electron chi connectivity index (χ0n) is 16.6. The molecule has 7 nitrogen and oxygen atoms in total. The highest BCUT2D eigenvalue weighted by molar-refractivity contribution is 6.04. The summed E-state index contributed by atoms with van der Waals surface area (Å²) in [5, 5.41) is 19.1. The Morgan fingerprint density at radius 2 is 2.04 bits per heavy atom. The molecule has 0 spiro atoms. The highest BCUT2D eigenvalue weighted by Gasteiger charge is 2.27. The number of hydrogen-bond acceptors (Lipinski definition) is 6. The van der Waals surface area contributed by atoms with Crippen molar-refractivity contribution in [3.8, 4) is 28.5 Å². The van der Waals surface area contributed by atoms with Crippen LogP contribution in [0.3, 0.4) is 0 Å². The largest absolute Gasteiger partial charge is 0.508 e. The average molecular weight is 381 g/mol. The zero-order chi connectivity index (χ0) is 19.8. The molecule has 1 atom stereocenters. The van der Waals surface area contributed by atoms with Gasteiger partial charge in [-0.15, -0.1) is 0 Å². The molecule has 148 valence electrons. The predicted octanol–water partition coefficient (Wildman–Crippen LogP) is 3.57. The van der Waals surface area contributed by atoms with Gasteiger partial charge in [-0.05, 0) is 50.3 Å². The Balaban J connectivity index is 1.86. The number of nitrogens with one attached hydrogen (secondary N) is 1. The number of rotatable bonds is 7. The number of hydrogen-bond donors (Lipinski definition) is 3. The minimum atomic E-state index is -0.209. The summed E-state index contributed by atoms with van der Waals surface area (Å²) in [5.74, 6) is 1.61. The molecule has 0 radical (unpaired) electrons. The van der Waals surface area contributed by atoms with E-state index in [1.165, 1.54) is 0 Å². The van der Waals surface area contributed by atoms with Crippen molar-refractivity contribution >= 4 is 16.6 Å². The van der Waals surface area contributed by atoms with E-state index in [4.69, 9.17) is 15.6 Å². The van der Waals surface area contributed by atoms with Gasteiger partial charge in [-0.2, -0.15) is 5.10 Å². The average Bonchev–Trinajstić information content (AvgIpc) is 3.04. The normalized spacial score (nSPS) is 13.5. The van der Waals surface area contributed by atoms with Gasteiger partial charge in [0, 0.05) is 12.1 Å². The third-order valence-corrected chi connectivity index (χ3v) is 5.21. The third kappa shape index (κ3) is 3.16. The molecule has 1 aliphatic rings. The lowest BCUT2D eigenvalue weighted by Gasteiger charge is -2.21. The molecular formula is C21H27N5O2. The van der Waals surface area contributed by atoms with Gasteiger partial charge in [0.25, 0.3) is 0 Å². The van der Waals surface area contributed by atoms with Crippen LogP contribution in [0.4, 0.5) is 5.69 Å². The molecule has 3 aromatic rings. The van der Waals surface area contributed by atoms with E-state index in [1.54, 1.807) is 18.2 Å². The molecule has 0 bridgehead atoms. The summed E-state index contributed by atoms with van der Waals surface area (Å²) >= 11 is 0. The number of anilines is 1. The monoisotopic (exact) mass is 381 g/mol. The molecule has 0 saturated carbocycles. The molecule has 0 fully saturated rings. The Labute approximate surface area is 164 Å².